The Morgan fingerprint density at radius 2 is 2.08 bits per heavy atom. The van der Waals surface area contributed by atoms with Crippen LogP contribution in [0.2, 0.25) is 0 Å². The summed E-state index contributed by atoms with van der Waals surface area (Å²) in [5, 5.41) is 17.0. The van der Waals surface area contributed by atoms with Crippen molar-refractivity contribution in [2.75, 3.05) is 27.2 Å². The van der Waals surface area contributed by atoms with Crippen LogP contribution in [0, 0.1) is 13.8 Å². The fourth-order valence-corrected chi connectivity index (χ4v) is 2.62. The molecule has 2 aromatic rings. The van der Waals surface area contributed by atoms with Crippen LogP contribution in [0.25, 0.3) is 0 Å². The van der Waals surface area contributed by atoms with Gasteiger partial charge in [-0.3, -0.25) is 9.48 Å². The quantitative estimate of drug-likeness (QED) is 0.800. The van der Waals surface area contributed by atoms with Gasteiger partial charge in [0.15, 0.2) is 0 Å². The molecule has 1 aromatic heterocycles. The van der Waals surface area contributed by atoms with Gasteiger partial charge in [-0.05, 0) is 51.7 Å². The van der Waals surface area contributed by atoms with E-state index in [0.29, 0.717) is 18.7 Å². The molecule has 0 aliphatic carbocycles. The van der Waals surface area contributed by atoms with Crippen LogP contribution in [0.5, 0.6) is 0 Å². The normalized spacial score (nSPS) is 12.4. The third-order valence-corrected chi connectivity index (χ3v) is 3.70. The molecule has 1 unspecified atom stereocenters. The Kier molecular flexibility index (Phi) is 6.11. The zero-order valence-corrected chi connectivity index (χ0v) is 14.8. The molecular formula is C18H26N4O2. The van der Waals surface area contributed by atoms with Crippen molar-refractivity contribution < 1.29 is 9.90 Å². The molecule has 6 nitrogen and oxygen atoms in total. The number of aliphatic hydroxyl groups excluding tert-OH is 1. The van der Waals surface area contributed by atoms with Gasteiger partial charge >= 0.3 is 0 Å². The number of amides is 1. The van der Waals surface area contributed by atoms with Gasteiger partial charge in [-0.1, -0.05) is 12.1 Å². The second-order valence-corrected chi connectivity index (χ2v) is 6.41. The molecule has 1 atom stereocenters. The monoisotopic (exact) mass is 330 g/mol. The van der Waals surface area contributed by atoms with Gasteiger partial charge in [-0.25, -0.2) is 0 Å². The number of aryl methyl sites for hydroxylation is 2. The van der Waals surface area contributed by atoms with Gasteiger partial charge < -0.3 is 15.3 Å². The van der Waals surface area contributed by atoms with E-state index in [2.05, 4.69) is 10.4 Å². The fourth-order valence-electron chi connectivity index (χ4n) is 2.62. The standard InChI is InChI=1S/C18H26N4O2/c1-13-8-14(2)22(20-13)11-15-6-5-7-16(9-15)18(24)19-10-17(23)12-21(3)4/h5-9,17,23H,10-12H2,1-4H3,(H,19,24). The molecule has 0 saturated carbocycles. The van der Waals surface area contributed by atoms with Crippen molar-refractivity contribution in [2.24, 2.45) is 0 Å². The first kappa shape index (κ1) is 18.2. The molecule has 1 amide bonds. The van der Waals surface area contributed by atoms with Crippen LogP contribution in [-0.2, 0) is 6.54 Å². The van der Waals surface area contributed by atoms with E-state index in [0.717, 1.165) is 17.0 Å². The van der Waals surface area contributed by atoms with Crippen LogP contribution in [0.1, 0.15) is 27.3 Å². The molecule has 6 heteroatoms. The Labute approximate surface area is 143 Å². The van der Waals surface area contributed by atoms with Gasteiger partial charge in [-0.15, -0.1) is 0 Å². The van der Waals surface area contributed by atoms with E-state index in [1.165, 1.54) is 0 Å². The summed E-state index contributed by atoms with van der Waals surface area (Å²) in [4.78, 5) is 14.1. The lowest BCUT2D eigenvalue weighted by Crippen LogP contribution is -2.37. The Hall–Kier alpha value is -2.18. The molecule has 0 aliphatic heterocycles. The van der Waals surface area contributed by atoms with E-state index in [4.69, 9.17) is 0 Å². The van der Waals surface area contributed by atoms with Crippen LogP contribution < -0.4 is 5.32 Å². The van der Waals surface area contributed by atoms with E-state index < -0.39 is 6.10 Å². The van der Waals surface area contributed by atoms with Crippen LogP contribution in [0.4, 0.5) is 0 Å². The summed E-state index contributed by atoms with van der Waals surface area (Å²) < 4.78 is 1.92. The number of aromatic nitrogens is 2. The summed E-state index contributed by atoms with van der Waals surface area (Å²) >= 11 is 0. The summed E-state index contributed by atoms with van der Waals surface area (Å²) in [6.07, 6.45) is -0.582. The van der Waals surface area contributed by atoms with Crippen LogP contribution >= 0.6 is 0 Å². The first-order valence-corrected chi connectivity index (χ1v) is 8.06. The highest BCUT2D eigenvalue weighted by atomic mass is 16.3. The van der Waals surface area contributed by atoms with Gasteiger partial charge in [0, 0.05) is 24.3 Å². The molecule has 1 heterocycles. The molecule has 130 valence electrons. The highest BCUT2D eigenvalue weighted by Gasteiger charge is 2.11. The van der Waals surface area contributed by atoms with Crippen LogP contribution in [0.3, 0.4) is 0 Å². The number of benzene rings is 1. The van der Waals surface area contributed by atoms with E-state index in [9.17, 15) is 9.90 Å². The number of rotatable bonds is 7. The molecule has 2 rings (SSSR count). The van der Waals surface area contributed by atoms with E-state index in [-0.39, 0.29) is 12.5 Å². The Morgan fingerprint density at radius 3 is 2.71 bits per heavy atom. The van der Waals surface area contributed by atoms with Crippen LogP contribution in [0.15, 0.2) is 30.3 Å². The Balaban J connectivity index is 1.99. The third-order valence-electron chi connectivity index (χ3n) is 3.70. The number of carbonyl (C=O) groups excluding carboxylic acids is 1. The predicted octanol–water partition coefficient (Wildman–Crippen LogP) is 1.20. The predicted molar refractivity (Wildman–Crippen MR) is 94.1 cm³/mol. The molecule has 24 heavy (non-hydrogen) atoms. The highest BCUT2D eigenvalue weighted by molar-refractivity contribution is 5.94. The van der Waals surface area contributed by atoms with E-state index in [1.54, 1.807) is 6.07 Å². The lowest BCUT2D eigenvalue weighted by Gasteiger charge is -2.16. The first-order valence-electron chi connectivity index (χ1n) is 8.06. The van der Waals surface area contributed by atoms with Crippen molar-refractivity contribution in [3.63, 3.8) is 0 Å². The largest absolute Gasteiger partial charge is 0.390 e. The maximum Gasteiger partial charge on any atom is 0.251 e. The lowest BCUT2D eigenvalue weighted by atomic mass is 10.1. The van der Waals surface area contributed by atoms with E-state index in [1.807, 2.05) is 61.8 Å². The second kappa shape index (κ2) is 8.08. The third kappa shape index (κ3) is 5.18. The Bertz CT molecular complexity index is 694. The summed E-state index contributed by atoms with van der Waals surface area (Å²) in [6, 6.07) is 9.52. The number of likely N-dealkylation sites (N-methyl/N-ethyl adjacent to an activating group) is 1. The van der Waals surface area contributed by atoms with Gasteiger partial charge in [0.05, 0.1) is 18.3 Å². The molecule has 0 saturated heterocycles. The van der Waals surface area contributed by atoms with Crippen molar-refractivity contribution in [3.8, 4) is 0 Å². The molecular weight excluding hydrogens is 304 g/mol. The van der Waals surface area contributed by atoms with Crippen molar-refractivity contribution in [1.29, 1.82) is 0 Å². The number of carbonyl (C=O) groups is 1. The number of hydrogen-bond acceptors (Lipinski definition) is 4. The summed E-state index contributed by atoms with van der Waals surface area (Å²) in [5.41, 5.74) is 3.68. The number of nitrogens with zero attached hydrogens (tertiary/aromatic N) is 3. The minimum Gasteiger partial charge on any atom is -0.390 e. The lowest BCUT2D eigenvalue weighted by molar-refractivity contribution is 0.0892. The van der Waals surface area contributed by atoms with Gasteiger partial charge in [0.1, 0.15) is 0 Å². The number of aliphatic hydroxyl groups is 1. The molecule has 0 bridgehead atoms. The maximum atomic E-state index is 12.3. The first-order chi connectivity index (χ1) is 11.3. The average molecular weight is 330 g/mol. The molecule has 0 fully saturated rings. The number of hydrogen-bond donors (Lipinski definition) is 2. The zero-order chi connectivity index (χ0) is 17.7. The second-order valence-electron chi connectivity index (χ2n) is 6.41. The minimum absolute atomic E-state index is 0.178. The summed E-state index contributed by atoms with van der Waals surface area (Å²) in [5.74, 6) is -0.178. The van der Waals surface area contributed by atoms with E-state index >= 15 is 0 Å². The van der Waals surface area contributed by atoms with Crippen molar-refractivity contribution in [3.05, 3.63) is 52.8 Å². The van der Waals surface area contributed by atoms with Gasteiger partial charge in [0.2, 0.25) is 0 Å². The van der Waals surface area contributed by atoms with Crippen molar-refractivity contribution >= 4 is 5.91 Å². The highest BCUT2D eigenvalue weighted by Crippen LogP contribution is 2.10. The van der Waals surface area contributed by atoms with Crippen LogP contribution in [-0.4, -0.2) is 59.0 Å². The smallest absolute Gasteiger partial charge is 0.251 e. The van der Waals surface area contributed by atoms with Crippen molar-refractivity contribution in [1.82, 2.24) is 20.0 Å². The maximum absolute atomic E-state index is 12.3. The minimum atomic E-state index is -0.582. The average Bonchev–Trinajstić information content (AvgIpc) is 2.82. The fraction of sp³-hybridized carbons (Fsp3) is 0.444. The summed E-state index contributed by atoms with van der Waals surface area (Å²) in [6.45, 7) is 5.36. The van der Waals surface area contributed by atoms with Gasteiger partial charge in [0.25, 0.3) is 5.91 Å². The van der Waals surface area contributed by atoms with Crippen molar-refractivity contribution in [2.45, 2.75) is 26.5 Å². The molecule has 0 radical (unpaired) electrons. The molecule has 1 aromatic carbocycles. The zero-order valence-electron chi connectivity index (χ0n) is 14.8. The van der Waals surface area contributed by atoms with Gasteiger partial charge in [-0.2, -0.15) is 5.10 Å². The number of nitrogens with one attached hydrogen (secondary N) is 1. The summed E-state index contributed by atoms with van der Waals surface area (Å²) in [7, 11) is 3.76. The Morgan fingerprint density at radius 1 is 1.33 bits per heavy atom. The molecule has 0 spiro atoms. The topological polar surface area (TPSA) is 70.4 Å². The molecule has 2 N–H and O–H groups in total. The molecule has 0 aliphatic rings. The SMILES string of the molecule is Cc1cc(C)n(Cc2cccc(C(=O)NCC(O)CN(C)C)c2)n1.